The number of methoxy groups -OCH3 is 2. The van der Waals surface area contributed by atoms with Crippen molar-refractivity contribution in [2.45, 2.75) is 19.4 Å². The van der Waals surface area contributed by atoms with Crippen LogP contribution >= 0.6 is 0 Å². The van der Waals surface area contributed by atoms with Crippen molar-refractivity contribution in [1.29, 1.82) is 0 Å². The summed E-state index contributed by atoms with van der Waals surface area (Å²) in [7, 11) is 2.68. The molecule has 1 aliphatic rings. The zero-order chi connectivity index (χ0) is 20.1. The summed E-state index contributed by atoms with van der Waals surface area (Å²) in [6, 6.07) is 17.6. The highest BCUT2D eigenvalue weighted by Gasteiger charge is 2.35. The SMILES string of the molecule is COC(=O)C1=CN(Cc2ccccc2)C=C(C(=O)OC)C1c1ccc(C)cc1. The molecule has 0 spiro atoms. The third-order valence-electron chi connectivity index (χ3n) is 4.69. The van der Waals surface area contributed by atoms with Gasteiger partial charge in [-0.2, -0.15) is 0 Å². The molecule has 0 amide bonds. The van der Waals surface area contributed by atoms with E-state index in [2.05, 4.69) is 0 Å². The second kappa shape index (κ2) is 8.57. The van der Waals surface area contributed by atoms with Crippen LogP contribution in [0.5, 0.6) is 0 Å². The first-order valence-electron chi connectivity index (χ1n) is 8.99. The van der Waals surface area contributed by atoms with E-state index >= 15 is 0 Å². The van der Waals surface area contributed by atoms with Crippen LogP contribution in [0.1, 0.15) is 22.6 Å². The number of benzene rings is 2. The normalized spacial score (nSPS) is 14.2. The second-order valence-electron chi connectivity index (χ2n) is 6.65. The Bertz CT molecular complexity index is 879. The Morgan fingerprint density at radius 3 is 1.89 bits per heavy atom. The lowest BCUT2D eigenvalue weighted by atomic mass is 9.83. The van der Waals surface area contributed by atoms with Crippen molar-refractivity contribution in [1.82, 2.24) is 4.90 Å². The lowest BCUT2D eigenvalue weighted by Crippen LogP contribution is -2.28. The summed E-state index contributed by atoms with van der Waals surface area (Å²) >= 11 is 0. The van der Waals surface area contributed by atoms with Gasteiger partial charge in [0.2, 0.25) is 0 Å². The Morgan fingerprint density at radius 2 is 1.39 bits per heavy atom. The standard InChI is InChI=1S/C23H23NO4/c1-16-9-11-18(12-10-16)21-19(22(25)27-2)14-24(15-20(21)23(26)28-3)13-17-7-5-4-6-8-17/h4-12,14-15,21H,13H2,1-3H3. The molecule has 1 heterocycles. The fourth-order valence-corrected chi connectivity index (χ4v) is 3.29. The molecule has 0 radical (unpaired) electrons. The average Bonchev–Trinajstić information content (AvgIpc) is 2.73. The number of aryl methyl sites for hydroxylation is 1. The fraction of sp³-hybridized carbons (Fsp3) is 0.217. The number of nitrogens with zero attached hydrogens (tertiary/aromatic N) is 1. The van der Waals surface area contributed by atoms with Gasteiger partial charge in [-0.05, 0) is 18.1 Å². The molecule has 0 N–H and O–H groups in total. The lowest BCUT2D eigenvalue weighted by molar-refractivity contribution is -0.137. The summed E-state index contributed by atoms with van der Waals surface area (Å²) in [5, 5.41) is 0. The highest BCUT2D eigenvalue weighted by Crippen LogP contribution is 2.37. The zero-order valence-corrected chi connectivity index (χ0v) is 16.2. The van der Waals surface area contributed by atoms with Crippen molar-refractivity contribution >= 4 is 11.9 Å². The first-order chi connectivity index (χ1) is 13.5. The summed E-state index contributed by atoms with van der Waals surface area (Å²) in [5.41, 5.74) is 3.77. The third kappa shape index (κ3) is 4.14. The first kappa shape index (κ1) is 19.4. The van der Waals surface area contributed by atoms with Gasteiger partial charge in [0.1, 0.15) is 0 Å². The molecule has 0 unspecified atom stereocenters. The number of esters is 2. The van der Waals surface area contributed by atoms with Crippen LogP contribution in [0.25, 0.3) is 0 Å². The molecule has 3 rings (SSSR count). The van der Waals surface area contributed by atoms with Crippen LogP contribution in [0.15, 0.2) is 78.1 Å². The molecule has 0 aromatic heterocycles. The predicted molar refractivity (Wildman–Crippen MR) is 106 cm³/mol. The minimum absolute atomic E-state index is 0.394. The maximum atomic E-state index is 12.6. The maximum Gasteiger partial charge on any atom is 0.336 e. The summed E-state index contributed by atoms with van der Waals surface area (Å²) in [4.78, 5) is 27.0. The van der Waals surface area contributed by atoms with Crippen LogP contribution in [0, 0.1) is 6.92 Å². The third-order valence-corrected chi connectivity index (χ3v) is 4.69. The molecule has 1 aliphatic heterocycles. The van der Waals surface area contributed by atoms with Gasteiger partial charge in [0.15, 0.2) is 0 Å². The van der Waals surface area contributed by atoms with E-state index in [1.807, 2.05) is 66.4 Å². The number of carbonyl (C=O) groups is 2. The number of ether oxygens (including phenoxy) is 2. The Kier molecular flexibility index (Phi) is 5.94. The van der Waals surface area contributed by atoms with Gasteiger partial charge in [-0.1, -0.05) is 60.2 Å². The molecule has 0 atom stereocenters. The largest absolute Gasteiger partial charge is 0.466 e. The molecule has 5 nitrogen and oxygen atoms in total. The second-order valence-corrected chi connectivity index (χ2v) is 6.65. The van der Waals surface area contributed by atoms with Gasteiger partial charge in [0.05, 0.1) is 31.3 Å². The Morgan fingerprint density at radius 1 is 0.857 bits per heavy atom. The molecule has 0 saturated carbocycles. The molecule has 5 heteroatoms. The number of rotatable bonds is 5. The van der Waals surface area contributed by atoms with Crippen molar-refractivity contribution in [3.05, 3.63) is 94.8 Å². The van der Waals surface area contributed by atoms with Crippen molar-refractivity contribution in [2.75, 3.05) is 14.2 Å². The maximum absolute atomic E-state index is 12.6. The van der Waals surface area contributed by atoms with Crippen molar-refractivity contribution in [3.63, 3.8) is 0 Å². The topological polar surface area (TPSA) is 55.8 Å². The van der Waals surface area contributed by atoms with E-state index in [1.54, 1.807) is 12.4 Å². The first-order valence-corrected chi connectivity index (χ1v) is 8.99. The van der Waals surface area contributed by atoms with Crippen LogP contribution in [-0.4, -0.2) is 31.1 Å². The van der Waals surface area contributed by atoms with Crippen molar-refractivity contribution in [3.8, 4) is 0 Å². The van der Waals surface area contributed by atoms with Crippen LogP contribution in [-0.2, 0) is 25.6 Å². The van der Waals surface area contributed by atoms with Gasteiger partial charge in [0, 0.05) is 18.9 Å². The minimum Gasteiger partial charge on any atom is -0.466 e. The minimum atomic E-state index is -0.549. The smallest absolute Gasteiger partial charge is 0.336 e. The van der Waals surface area contributed by atoms with Crippen LogP contribution in [0.2, 0.25) is 0 Å². The summed E-state index contributed by atoms with van der Waals surface area (Å²) in [6.45, 7) is 2.50. The molecular weight excluding hydrogens is 354 g/mol. The van der Waals surface area contributed by atoms with E-state index < -0.39 is 17.9 Å². The number of hydrogen-bond acceptors (Lipinski definition) is 5. The van der Waals surface area contributed by atoms with Crippen molar-refractivity contribution < 1.29 is 19.1 Å². The molecule has 2 aromatic rings. The fourth-order valence-electron chi connectivity index (χ4n) is 3.29. The van der Waals surface area contributed by atoms with Crippen LogP contribution < -0.4 is 0 Å². The van der Waals surface area contributed by atoms with Gasteiger partial charge in [-0.15, -0.1) is 0 Å². The molecule has 0 fully saturated rings. The monoisotopic (exact) mass is 377 g/mol. The molecule has 0 aliphatic carbocycles. The van der Waals surface area contributed by atoms with Gasteiger partial charge in [-0.3, -0.25) is 0 Å². The Labute approximate surface area is 164 Å². The van der Waals surface area contributed by atoms with Crippen LogP contribution in [0.4, 0.5) is 0 Å². The van der Waals surface area contributed by atoms with E-state index in [9.17, 15) is 9.59 Å². The molecule has 28 heavy (non-hydrogen) atoms. The molecule has 144 valence electrons. The predicted octanol–water partition coefficient (Wildman–Crippen LogP) is 3.71. The summed E-state index contributed by atoms with van der Waals surface area (Å²) < 4.78 is 10.0. The van der Waals surface area contributed by atoms with E-state index in [1.165, 1.54) is 14.2 Å². The molecular formula is C23H23NO4. The van der Waals surface area contributed by atoms with Gasteiger partial charge in [0.25, 0.3) is 0 Å². The Balaban J connectivity index is 2.07. The number of carbonyl (C=O) groups excluding carboxylic acids is 2. The van der Waals surface area contributed by atoms with E-state index in [-0.39, 0.29) is 0 Å². The quantitative estimate of drug-likeness (QED) is 0.744. The zero-order valence-electron chi connectivity index (χ0n) is 16.2. The van der Waals surface area contributed by atoms with Gasteiger partial charge < -0.3 is 14.4 Å². The highest BCUT2D eigenvalue weighted by molar-refractivity contribution is 5.98. The molecule has 0 bridgehead atoms. The molecule has 2 aromatic carbocycles. The molecule has 0 saturated heterocycles. The summed E-state index contributed by atoms with van der Waals surface area (Å²) in [6.07, 6.45) is 3.49. The van der Waals surface area contributed by atoms with Gasteiger partial charge >= 0.3 is 11.9 Å². The van der Waals surface area contributed by atoms with E-state index in [4.69, 9.17) is 9.47 Å². The van der Waals surface area contributed by atoms with Crippen molar-refractivity contribution in [2.24, 2.45) is 0 Å². The lowest BCUT2D eigenvalue weighted by Gasteiger charge is -2.30. The van der Waals surface area contributed by atoms with Crippen LogP contribution in [0.3, 0.4) is 0 Å². The average molecular weight is 377 g/mol. The van der Waals surface area contributed by atoms with E-state index in [0.29, 0.717) is 17.7 Å². The van der Waals surface area contributed by atoms with Gasteiger partial charge in [-0.25, -0.2) is 9.59 Å². The highest BCUT2D eigenvalue weighted by atomic mass is 16.5. The van der Waals surface area contributed by atoms with E-state index in [0.717, 1.165) is 16.7 Å². The Hall–Kier alpha value is -3.34. The summed E-state index contributed by atoms with van der Waals surface area (Å²) in [5.74, 6) is -1.50. The number of hydrogen-bond donors (Lipinski definition) is 0.